The van der Waals surface area contributed by atoms with Gasteiger partial charge in [-0.3, -0.25) is 4.68 Å². The summed E-state index contributed by atoms with van der Waals surface area (Å²) in [4.78, 5) is 11.8. The van der Waals surface area contributed by atoms with E-state index in [9.17, 15) is 0 Å². The van der Waals surface area contributed by atoms with E-state index in [0.29, 0.717) is 0 Å². The average molecular weight is 481 g/mol. The highest BCUT2D eigenvalue weighted by Gasteiger charge is 2.16. The van der Waals surface area contributed by atoms with E-state index in [1.54, 1.807) is 22.2 Å². The average Bonchev–Trinajstić information content (AvgIpc) is 3.38. The first-order valence-corrected chi connectivity index (χ1v) is 11.5. The van der Waals surface area contributed by atoms with Crippen molar-refractivity contribution in [2.24, 2.45) is 0 Å². The fourth-order valence-electron chi connectivity index (χ4n) is 3.87. The molecule has 0 aliphatic carbocycles. The lowest BCUT2D eigenvalue weighted by Gasteiger charge is -2.05. The normalized spacial score (nSPS) is 11.8. The van der Waals surface area contributed by atoms with Gasteiger partial charge in [-0.15, -0.1) is 16.4 Å². The van der Waals surface area contributed by atoms with Gasteiger partial charge in [-0.05, 0) is 54.2 Å². The van der Waals surface area contributed by atoms with Crippen LogP contribution in [0.1, 0.15) is 34.3 Å². The molecule has 1 aromatic carbocycles. The van der Waals surface area contributed by atoms with Crippen molar-refractivity contribution in [2.75, 3.05) is 0 Å². The Morgan fingerprint density at radius 2 is 1.83 bits per heavy atom. The van der Waals surface area contributed by atoms with E-state index in [1.165, 1.54) is 16.0 Å². The maximum absolute atomic E-state index is 4.87. The maximum Gasteiger partial charge on any atom is 0.182 e. The Bertz CT molecular complexity index is 1390. The van der Waals surface area contributed by atoms with Crippen LogP contribution in [0.2, 0.25) is 0 Å². The molecule has 0 radical (unpaired) electrons. The molecule has 0 unspecified atom stereocenters. The molecule has 6 nitrogen and oxygen atoms in total. The summed E-state index contributed by atoms with van der Waals surface area (Å²) in [6, 6.07) is 8.39. The highest BCUT2D eigenvalue weighted by Crippen LogP contribution is 2.32. The summed E-state index contributed by atoms with van der Waals surface area (Å²) >= 11 is 5.32. The predicted octanol–water partition coefficient (Wildman–Crippen LogP) is 5.50. The Morgan fingerprint density at radius 1 is 1.07 bits per heavy atom. The van der Waals surface area contributed by atoms with Crippen molar-refractivity contribution in [3.05, 3.63) is 62.5 Å². The number of rotatable bonds is 4. The van der Waals surface area contributed by atoms with Crippen LogP contribution in [0.4, 0.5) is 0 Å². The van der Waals surface area contributed by atoms with Crippen LogP contribution in [-0.2, 0) is 13.0 Å². The molecule has 0 saturated heterocycles. The Morgan fingerprint density at radius 3 is 2.50 bits per heavy atom. The van der Waals surface area contributed by atoms with Crippen LogP contribution >= 0.6 is 27.3 Å². The summed E-state index contributed by atoms with van der Waals surface area (Å²) in [7, 11) is 0. The third kappa shape index (κ3) is 3.06. The lowest BCUT2D eigenvalue weighted by Crippen LogP contribution is -2.03. The van der Waals surface area contributed by atoms with Gasteiger partial charge in [0, 0.05) is 10.4 Å². The summed E-state index contributed by atoms with van der Waals surface area (Å²) in [5.41, 5.74) is 6.52. The lowest BCUT2D eigenvalue weighted by molar-refractivity contribution is 0.659. The Balaban J connectivity index is 1.51. The molecule has 5 rings (SSSR count). The van der Waals surface area contributed by atoms with E-state index in [2.05, 4.69) is 76.1 Å². The van der Waals surface area contributed by atoms with E-state index in [1.807, 2.05) is 11.6 Å². The zero-order valence-corrected chi connectivity index (χ0v) is 19.7. The third-order valence-electron chi connectivity index (χ3n) is 5.52. The number of thiophene rings is 1. The van der Waals surface area contributed by atoms with Crippen LogP contribution in [0, 0.1) is 20.8 Å². The molecule has 4 aromatic heterocycles. The van der Waals surface area contributed by atoms with Crippen molar-refractivity contribution in [3.8, 4) is 11.4 Å². The van der Waals surface area contributed by atoms with E-state index in [4.69, 9.17) is 4.98 Å². The second-order valence-corrected chi connectivity index (χ2v) is 9.45. The molecule has 0 atom stereocenters. The molecule has 5 aromatic rings. The minimum Gasteiger partial charge on any atom is -0.264 e. The first kappa shape index (κ1) is 19.4. The lowest BCUT2D eigenvalue weighted by atomic mass is 10.1. The molecule has 0 spiro atoms. The summed E-state index contributed by atoms with van der Waals surface area (Å²) in [6.45, 7) is 9.14. The van der Waals surface area contributed by atoms with Crippen LogP contribution in [0.3, 0.4) is 0 Å². The Hall–Kier alpha value is -2.58. The monoisotopic (exact) mass is 480 g/mol. The smallest absolute Gasteiger partial charge is 0.182 e. The molecular weight excluding hydrogens is 460 g/mol. The number of hydrogen-bond donors (Lipinski definition) is 0. The first-order chi connectivity index (χ1) is 14.5. The predicted molar refractivity (Wildman–Crippen MR) is 124 cm³/mol. The molecule has 8 heteroatoms. The minimum absolute atomic E-state index is 0.718. The fourth-order valence-corrected chi connectivity index (χ4v) is 5.23. The number of halogens is 1. The van der Waals surface area contributed by atoms with Crippen molar-refractivity contribution in [1.29, 1.82) is 0 Å². The molecular formula is C22H21BrN6S. The number of aryl methyl sites for hydroxylation is 3. The van der Waals surface area contributed by atoms with Crippen molar-refractivity contribution in [1.82, 2.24) is 29.4 Å². The van der Waals surface area contributed by atoms with Crippen LogP contribution in [0.25, 0.3) is 27.3 Å². The summed E-state index contributed by atoms with van der Waals surface area (Å²) < 4.78 is 4.89. The van der Waals surface area contributed by atoms with Crippen LogP contribution in [0.5, 0.6) is 0 Å². The number of hydrogen-bond acceptors (Lipinski definition) is 5. The van der Waals surface area contributed by atoms with Gasteiger partial charge in [0.25, 0.3) is 0 Å². The van der Waals surface area contributed by atoms with Crippen molar-refractivity contribution in [2.45, 2.75) is 40.7 Å². The number of fused-ring (bicyclic) bond motifs is 3. The molecule has 0 aliphatic rings. The molecule has 0 bridgehead atoms. The van der Waals surface area contributed by atoms with E-state index in [0.717, 1.165) is 56.1 Å². The molecule has 4 heterocycles. The van der Waals surface area contributed by atoms with Crippen LogP contribution in [0.15, 0.2) is 35.1 Å². The zero-order chi connectivity index (χ0) is 21.0. The van der Waals surface area contributed by atoms with Gasteiger partial charge < -0.3 is 0 Å². The van der Waals surface area contributed by atoms with Crippen molar-refractivity contribution >= 4 is 43.1 Å². The standard InChI is InChI=1S/C22H21BrN6S/c1-5-17-14(4)30-22-18(17)21-25-20(27-29(21)11-24-22)16-8-6-15(7-9-16)10-28-13(3)19(23)12(2)26-28/h6-9,11H,5,10H2,1-4H3. The summed E-state index contributed by atoms with van der Waals surface area (Å²) in [6.07, 6.45) is 2.73. The second-order valence-electron chi connectivity index (χ2n) is 7.46. The van der Waals surface area contributed by atoms with Crippen molar-refractivity contribution in [3.63, 3.8) is 0 Å². The van der Waals surface area contributed by atoms with E-state index < -0.39 is 0 Å². The highest BCUT2D eigenvalue weighted by molar-refractivity contribution is 9.10. The van der Waals surface area contributed by atoms with Crippen LogP contribution in [-0.4, -0.2) is 29.4 Å². The van der Waals surface area contributed by atoms with Gasteiger partial charge in [-0.2, -0.15) is 5.10 Å². The van der Waals surface area contributed by atoms with Crippen LogP contribution < -0.4 is 0 Å². The van der Waals surface area contributed by atoms with E-state index >= 15 is 0 Å². The zero-order valence-electron chi connectivity index (χ0n) is 17.3. The van der Waals surface area contributed by atoms with Gasteiger partial charge in [0.05, 0.1) is 27.8 Å². The molecule has 0 fully saturated rings. The number of nitrogens with zero attached hydrogens (tertiary/aromatic N) is 6. The Labute approximate surface area is 186 Å². The van der Waals surface area contributed by atoms with Gasteiger partial charge in [0.15, 0.2) is 11.5 Å². The van der Waals surface area contributed by atoms with Gasteiger partial charge in [-0.25, -0.2) is 14.5 Å². The topological polar surface area (TPSA) is 60.9 Å². The van der Waals surface area contributed by atoms with Crippen molar-refractivity contribution < 1.29 is 0 Å². The van der Waals surface area contributed by atoms with E-state index in [-0.39, 0.29) is 0 Å². The Kier molecular flexibility index (Phi) is 4.71. The quantitative estimate of drug-likeness (QED) is 0.340. The van der Waals surface area contributed by atoms with Gasteiger partial charge in [0.1, 0.15) is 11.2 Å². The van der Waals surface area contributed by atoms with Gasteiger partial charge in [-0.1, -0.05) is 31.2 Å². The largest absolute Gasteiger partial charge is 0.264 e. The SMILES string of the molecule is CCc1c(C)sc2ncn3nc(-c4ccc(Cn5nc(C)c(Br)c5C)cc4)nc3c12. The summed E-state index contributed by atoms with van der Waals surface area (Å²) in [5, 5.41) is 10.4. The molecule has 152 valence electrons. The third-order valence-corrected chi connectivity index (χ3v) is 7.72. The molecule has 0 N–H and O–H groups in total. The maximum atomic E-state index is 4.87. The summed E-state index contributed by atoms with van der Waals surface area (Å²) in [5.74, 6) is 0.718. The molecule has 0 aliphatic heterocycles. The molecule has 0 saturated carbocycles. The van der Waals surface area contributed by atoms with Gasteiger partial charge >= 0.3 is 0 Å². The molecule has 30 heavy (non-hydrogen) atoms. The highest BCUT2D eigenvalue weighted by atomic mass is 79.9. The minimum atomic E-state index is 0.718. The number of benzene rings is 1. The fraction of sp³-hybridized carbons (Fsp3) is 0.273. The second kappa shape index (κ2) is 7.28. The number of aromatic nitrogens is 6. The first-order valence-electron chi connectivity index (χ1n) is 9.88. The van der Waals surface area contributed by atoms with Gasteiger partial charge in [0.2, 0.25) is 0 Å². The molecule has 0 amide bonds.